The number of ether oxygens (including phenoxy) is 2. The van der Waals surface area contributed by atoms with E-state index in [1.165, 1.54) is 7.11 Å². The SMILES string of the molecule is COCC(=O)N1CCN2C(=O)[C@@H]3C[C@H](CN3C)NC(=O)c3cccnc3OC[C@@H]2C1. The minimum absolute atomic E-state index is 0.000867. The lowest BCUT2D eigenvalue weighted by atomic mass is 10.1. The number of methoxy groups -OCH3 is 1. The number of carbonyl (C=O) groups excluding carboxylic acids is 3. The number of pyridine rings is 1. The molecule has 3 amide bonds. The molecule has 1 N–H and O–H groups in total. The van der Waals surface area contributed by atoms with E-state index in [-0.39, 0.29) is 54.9 Å². The van der Waals surface area contributed by atoms with Gasteiger partial charge in [-0.3, -0.25) is 19.3 Å². The molecule has 0 unspecified atom stereocenters. The number of piperazine rings is 1. The molecule has 4 heterocycles. The van der Waals surface area contributed by atoms with Crippen molar-refractivity contribution in [2.45, 2.75) is 24.5 Å². The van der Waals surface area contributed by atoms with E-state index in [1.807, 2.05) is 16.8 Å². The molecule has 10 nitrogen and oxygen atoms in total. The number of likely N-dealkylation sites (N-methyl/N-ethyl adjacent to an activating group) is 1. The summed E-state index contributed by atoms with van der Waals surface area (Å²) in [6.07, 6.45) is 2.11. The lowest BCUT2D eigenvalue weighted by Gasteiger charge is -2.42. The number of fused-ring (bicyclic) bond motifs is 4. The first-order valence-corrected chi connectivity index (χ1v) is 10.1. The molecule has 1 aromatic heterocycles. The summed E-state index contributed by atoms with van der Waals surface area (Å²) in [4.78, 5) is 48.2. The number of carbonyl (C=O) groups is 3. The first kappa shape index (κ1) is 20.5. The molecule has 10 heteroatoms. The summed E-state index contributed by atoms with van der Waals surface area (Å²) < 4.78 is 10.9. The highest BCUT2D eigenvalue weighted by molar-refractivity contribution is 5.96. The number of hydrogen-bond donors (Lipinski definition) is 1. The Hall–Kier alpha value is -2.72. The van der Waals surface area contributed by atoms with Gasteiger partial charge in [-0.1, -0.05) is 0 Å². The molecule has 2 fully saturated rings. The van der Waals surface area contributed by atoms with Gasteiger partial charge in [-0.05, 0) is 25.6 Å². The van der Waals surface area contributed by atoms with Gasteiger partial charge in [-0.15, -0.1) is 0 Å². The van der Waals surface area contributed by atoms with Crippen LogP contribution in [0.1, 0.15) is 16.8 Å². The highest BCUT2D eigenvalue weighted by Gasteiger charge is 2.42. The molecule has 4 rings (SSSR count). The Labute approximate surface area is 175 Å². The molecule has 0 aliphatic carbocycles. The van der Waals surface area contributed by atoms with Gasteiger partial charge in [0.2, 0.25) is 17.7 Å². The van der Waals surface area contributed by atoms with Crippen LogP contribution >= 0.6 is 0 Å². The average molecular weight is 417 g/mol. The maximum Gasteiger partial charge on any atom is 0.257 e. The third kappa shape index (κ3) is 3.97. The molecule has 3 atom stereocenters. The summed E-state index contributed by atoms with van der Waals surface area (Å²) in [6, 6.07) is 2.59. The molecule has 0 saturated carbocycles. The summed E-state index contributed by atoms with van der Waals surface area (Å²) in [5.74, 6) is -0.149. The van der Waals surface area contributed by atoms with Crippen LogP contribution in [0.4, 0.5) is 0 Å². The van der Waals surface area contributed by atoms with E-state index in [4.69, 9.17) is 9.47 Å². The van der Waals surface area contributed by atoms with Crippen LogP contribution < -0.4 is 10.1 Å². The third-order valence-corrected chi connectivity index (χ3v) is 5.98. The van der Waals surface area contributed by atoms with E-state index in [1.54, 1.807) is 23.2 Å². The number of nitrogens with zero attached hydrogens (tertiary/aromatic N) is 4. The van der Waals surface area contributed by atoms with Crippen LogP contribution in [0.15, 0.2) is 18.3 Å². The second-order valence-corrected chi connectivity index (χ2v) is 7.99. The molecule has 2 saturated heterocycles. The zero-order valence-electron chi connectivity index (χ0n) is 17.2. The number of likely N-dealkylation sites (tertiary alicyclic amines) is 1. The van der Waals surface area contributed by atoms with Gasteiger partial charge < -0.3 is 24.6 Å². The van der Waals surface area contributed by atoms with Crippen molar-refractivity contribution in [1.82, 2.24) is 25.0 Å². The van der Waals surface area contributed by atoms with E-state index in [9.17, 15) is 14.4 Å². The number of rotatable bonds is 2. The predicted octanol–water partition coefficient (Wildman–Crippen LogP) is -1.04. The van der Waals surface area contributed by atoms with Crippen molar-refractivity contribution in [3.05, 3.63) is 23.9 Å². The summed E-state index contributed by atoms with van der Waals surface area (Å²) in [5.41, 5.74) is 0.366. The molecule has 0 radical (unpaired) electrons. The quantitative estimate of drug-likeness (QED) is 0.656. The van der Waals surface area contributed by atoms with E-state index in [0.717, 1.165) is 0 Å². The molecule has 1 aromatic rings. The van der Waals surface area contributed by atoms with Crippen LogP contribution in [0.2, 0.25) is 0 Å². The molecule has 2 bridgehead atoms. The Balaban J connectivity index is 1.64. The van der Waals surface area contributed by atoms with E-state index >= 15 is 0 Å². The molecule has 3 aliphatic rings. The second-order valence-electron chi connectivity index (χ2n) is 7.99. The zero-order chi connectivity index (χ0) is 21.3. The van der Waals surface area contributed by atoms with Crippen LogP contribution in [0, 0.1) is 0 Å². The Morgan fingerprint density at radius 3 is 2.97 bits per heavy atom. The minimum Gasteiger partial charge on any atom is -0.475 e. The number of hydrogen-bond acceptors (Lipinski definition) is 7. The minimum atomic E-state index is -0.336. The van der Waals surface area contributed by atoms with Gasteiger partial charge in [0.15, 0.2) is 0 Å². The molecular formula is C20H27N5O5. The summed E-state index contributed by atoms with van der Waals surface area (Å²) in [5, 5.41) is 3.00. The Morgan fingerprint density at radius 1 is 1.33 bits per heavy atom. The van der Waals surface area contributed by atoms with E-state index in [0.29, 0.717) is 38.2 Å². The fourth-order valence-corrected chi connectivity index (χ4v) is 4.43. The second kappa shape index (κ2) is 8.57. The van der Waals surface area contributed by atoms with Crippen LogP contribution in [0.5, 0.6) is 5.88 Å². The highest BCUT2D eigenvalue weighted by atomic mass is 16.5. The van der Waals surface area contributed by atoms with Crippen molar-refractivity contribution in [3.63, 3.8) is 0 Å². The van der Waals surface area contributed by atoms with Gasteiger partial charge in [0, 0.05) is 45.5 Å². The van der Waals surface area contributed by atoms with Crippen LogP contribution in [0.3, 0.4) is 0 Å². The Morgan fingerprint density at radius 2 is 2.17 bits per heavy atom. The Bertz CT molecular complexity index is 834. The standard InChI is InChI=1S/C20H27N5O5/c1-23-9-13-8-16(23)20(28)25-7-6-24(17(26)12-29-2)10-14(25)11-30-19-15(18(27)22-13)4-3-5-21-19/h3-5,13-14,16H,6-12H2,1-2H3,(H,22,27)/t13-,14+,16+/m1/s1. The van der Waals surface area contributed by atoms with Crippen LogP contribution in [-0.4, -0.2) is 109 Å². The van der Waals surface area contributed by atoms with Crippen molar-refractivity contribution in [3.8, 4) is 5.88 Å². The van der Waals surface area contributed by atoms with Gasteiger partial charge in [-0.2, -0.15) is 0 Å². The molecule has 162 valence electrons. The molecule has 3 aliphatic heterocycles. The number of amides is 3. The van der Waals surface area contributed by atoms with Crippen molar-refractivity contribution < 1.29 is 23.9 Å². The third-order valence-electron chi connectivity index (χ3n) is 5.98. The van der Waals surface area contributed by atoms with E-state index < -0.39 is 0 Å². The normalized spacial score (nSPS) is 27.3. The zero-order valence-corrected chi connectivity index (χ0v) is 17.2. The topological polar surface area (TPSA) is 104 Å². The van der Waals surface area contributed by atoms with Gasteiger partial charge >= 0.3 is 0 Å². The fourth-order valence-electron chi connectivity index (χ4n) is 4.43. The van der Waals surface area contributed by atoms with Gasteiger partial charge in [-0.25, -0.2) is 4.98 Å². The first-order valence-electron chi connectivity index (χ1n) is 10.1. The van der Waals surface area contributed by atoms with Gasteiger partial charge in [0.25, 0.3) is 5.91 Å². The van der Waals surface area contributed by atoms with Crippen molar-refractivity contribution in [2.75, 3.05) is 53.6 Å². The average Bonchev–Trinajstić information content (AvgIpc) is 3.11. The van der Waals surface area contributed by atoms with Crippen molar-refractivity contribution in [2.24, 2.45) is 0 Å². The summed E-state index contributed by atoms with van der Waals surface area (Å²) in [6.45, 7) is 1.96. The maximum absolute atomic E-state index is 13.4. The van der Waals surface area contributed by atoms with Crippen LogP contribution in [0.25, 0.3) is 0 Å². The summed E-state index contributed by atoms with van der Waals surface area (Å²) >= 11 is 0. The maximum atomic E-state index is 13.4. The molecule has 30 heavy (non-hydrogen) atoms. The largest absolute Gasteiger partial charge is 0.475 e. The fraction of sp³-hybridized carbons (Fsp3) is 0.600. The van der Waals surface area contributed by atoms with Crippen molar-refractivity contribution in [1.29, 1.82) is 0 Å². The van der Waals surface area contributed by atoms with Crippen molar-refractivity contribution >= 4 is 17.7 Å². The highest BCUT2D eigenvalue weighted by Crippen LogP contribution is 2.24. The lowest BCUT2D eigenvalue weighted by molar-refractivity contribution is -0.148. The van der Waals surface area contributed by atoms with E-state index in [2.05, 4.69) is 10.3 Å². The number of nitrogens with one attached hydrogen (secondary N) is 1. The molecule has 0 spiro atoms. The van der Waals surface area contributed by atoms with Gasteiger partial charge in [0.05, 0.1) is 12.1 Å². The molecule has 0 aromatic carbocycles. The first-order chi connectivity index (χ1) is 14.5. The smallest absolute Gasteiger partial charge is 0.257 e. The lowest BCUT2D eigenvalue weighted by Crippen LogP contribution is -2.61. The van der Waals surface area contributed by atoms with Crippen LogP contribution in [-0.2, 0) is 14.3 Å². The number of aromatic nitrogens is 1. The van der Waals surface area contributed by atoms with Gasteiger partial charge in [0.1, 0.15) is 18.8 Å². The Kier molecular flexibility index (Phi) is 5.87. The summed E-state index contributed by atoms with van der Waals surface area (Å²) in [7, 11) is 3.38. The predicted molar refractivity (Wildman–Crippen MR) is 106 cm³/mol. The monoisotopic (exact) mass is 417 g/mol. The molecular weight excluding hydrogens is 390 g/mol.